The number of rotatable bonds is 16. The molecule has 140 valence electrons. The summed E-state index contributed by atoms with van der Waals surface area (Å²) in [6.07, 6.45) is 18.9. The minimum Gasteiger partial charge on any atom is -0.481 e. The molecule has 0 aromatic carbocycles. The molecule has 0 aliphatic heterocycles. The van der Waals surface area contributed by atoms with Crippen LogP contribution in [-0.4, -0.2) is 26.8 Å². The van der Waals surface area contributed by atoms with E-state index in [1.165, 1.54) is 44.9 Å². The van der Waals surface area contributed by atoms with Gasteiger partial charge in [-0.1, -0.05) is 57.8 Å². The Hall–Kier alpha value is -1.78. The Balaban J connectivity index is 1.81. The molecule has 0 saturated carbocycles. The Morgan fingerprint density at radius 2 is 1.16 bits per heavy atom. The Labute approximate surface area is 151 Å². The summed E-state index contributed by atoms with van der Waals surface area (Å²) < 4.78 is 0. The lowest BCUT2D eigenvalue weighted by atomic mass is 10.0. The standard InChI is InChI=1S/C20H32N2O3/c23-19(14-18-15-21-17-22-16-18)12-10-8-6-4-2-1-3-5-7-9-11-13-20(24)25/h15-17H,1-14H2,(H,24,25). The molecule has 1 rings (SSSR count). The Morgan fingerprint density at radius 1 is 0.720 bits per heavy atom. The Bertz CT molecular complexity index is 477. The second-order valence-electron chi connectivity index (χ2n) is 6.75. The summed E-state index contributed by atoms with van der Waals surface area (Å²) in [6, 6.07) is 0. The van der Waals surface area contributed by atoms with Crippen molar-refractivity contribution in [2.24, 2.45) is 0 Å². The van der Waals surface area contributed by atoms with Gasteiger partial charge in [0.05, 0.1) is 0 Å². The number of aromatic nitrogens is 2. The third-order valence-corrected chi connectivity index (χ3v) is 4.36. The molecule has 0 aliphatic rings. The summed E-state index contributed by atoms with van der Waals surface area (Å²) in [7, 11) is 0. The van der Waals surface area contributed by atoms with E-state index in [0.717, 1.165) is 37.7 Å². The summed E-state index contributed by atoms with van der Waals surface area (Å²) >= 11 is 0. The number of unbranched alkanes of at least 4 members (excludes halogenated alkanes) is 10. The van der Waals surface area contributed by atoms with Gasteiger partial charge >= 0.3 is 5.97 Å². The quantitative estimate of drug-likeness (QED) is 0.436. The van der Waals surface area contributed by atoms with Gasteiger partial charge < -0.3 is 5.11 Å². The highest BCUT2D eigenvalue weighted by Gasteiger charge is 2.04. The maximum atomic E-state index is 11.8. The lowest BCUT2D eigenvalue weighted by Gasteiger charge is -2.03. The van der Waals surface area contributed by atoms with Gasteiger partial charge in [-0.2, -0.15) is 0 Å². The van der Waals surface area contributed by atoms with Crippen LogP contribution in [0.25, 0.3) is 0 Å². The van der Waals surface area contributed by atoms with Crippen molar-refractivity contribution in [1.29, 1.82) is 0 Å². The molecule has 0 radical (unpaired) electrons. The van der Waals surface area contributed by atoms with E-state index in [0.29, 0.717) is 19.3 Å². The maximum Gasteiger partial charge on any atom is 0.303 e. The van der Waals surface area contributed by atoms with Crippen molar-refractivity contribution in [1.82, 2.24) is 9.97 Å². The molecule has 5 heteroatoms. The number of hydrogen-bond donors (Lipinski definition) is 1. The molecule has 0 aliphatic carbocycles. The van der Waals surface area contributed by atoms with Crippen molar-refractivity contribution in [2.75, 3.05) is 0 Å². The molecule has 0 amide bonds. The van der Waals surface area contributed by atoms with E-state index in [9.17, 15) is 9.59 Å². The van der Waals surface area contributed by atoms with Crippen LogP contribution in [-0.2, 0) is 16.0 Å². The number of carboxylic acid groups (broad SMARTS) is 1. The van der Waals surface area contributed by atoms with E-state index in [4.69, 9.17) is 5.11 Å². The first kappa shape index (κ1) is 21.3. The van der Waals surface area contributed by atoms with Crippen LogP contribution in [0.15, 0.2) is 18.7 Å². The summed E-state index contributed by atoms with van der Waals surface area (Å²) in [5, 5.41) is 8.55. The summed E-state index contributed by atoms with van der Waals surface area (Å²) in [4.78, 5) is 30.1. The number of ketones is 1. The fourth-order valence-corrected chi connectivity index (χ4v) is 2.93. The van der Waals surface area contributed by atoms with Gasteiger partial charge in [0.25, 0.3) is 0 Å². The first-order valence-electron chi connectivity index (χ1n) is 9.66. The number of hydrogen-bond acceptors (Lipinski definition) is 4. The van der Waals surface area contributed by atoms with Crippen molar-refractivity contribution in [2.45, 2.75) is 89.9 Å². The number of carbonyl (C=O) groups excluding carboxylic acids is 1. The van der Waals surface area contributed by atoms with E-state index in [2.05, 4.69) is 9.97 Å². The van der Waals surface area contributed by atoms with E-state index in [-0.39, 0.29) is 5.78 Å². The van der Waals surface area contributed by atoms with Gasteiger partial charge in [0.15, 0.2) is 0 Å². The molecule has 5 nitrogen and oxygen atoms in total. The molecule has 0 unspecified atom stereocenters. The molecule has 0 fully saturated rings. The van der Waals surface area contributed by atoms with Gasteiger partial charge in [-0.25, -0.2) is 9.97 Å². The third kappa shape index (κ3) is 13.2. The Kier molecular flexibility index (Phi) is 12.4. The van der Waals surface area contributed by atoms with E-state index in [1.54, 1.807) is 12.4 Å². The van der Waals surface area contributed by atoms with Crippen LogP contribution in [0.5, 0.6) is 0 Å². The average Bonchev–Trinajstić information content (AvgIpc) is 2.59. The maximum absolute atomic E-state index is 11.8. The molecule has 1 heterocycles. The van der Waals surface area contributed by atoms with Gasteiger partial charge in [-0.3, -0.25) is 9.59 Å². The van der Waals surface area contributed by atoms with Crippen LogP contribution in [0.1, 0.15) is 89.0 Å². The van der Waals surface area contributed by atoms with Crippen LogP contribution in [0, 0.1) is 0 Å². The molecule has 25 heavy (non-hydrogen) atoms. The molecule has 0 bridgehead atoms. The largest absolute Gasteiger partial charge is 0.481 e. The fraction of sp³-hybridized carbons (Fsp3) is 0.700. The SMILES string of the molecule is O=C(O)CCCCCCCCCCCCCC(=O)Cc1cncnc1. The predicted molar refractivity (Wildman–Crippen MR) is 98.4 cm³/mol. The van der Waals surface area contributed by atoms with Crippen molar-refractivity contribution in [3.05, 3.63) is 24.3 Å². The molecule has 0 atom stereocenters. The van der Waals surface area contributed by atoms with Crippen LogP contribution >= 0.6 is 0 Å². The van der Waals surface area contributed by atoms with Crippen LogP contribution in [0.4, 0.5) is 0 Å². The zero-order valence-electron chi connectivity index (χ0n) is 15.3. The highest BCUT2D eigenvalue weighted by molar-refractivity contribution is 5.80. The lowest BCUT2D eigenvalue weighted by Crippen LogP contribution is -2.03. The summed E-state index contributed by atoms with van der Waals surface area (Å²) in [5.74, 6) is -0.409. The minimum absolute atomic E-state index is 0.276. The van der Waals surface area contributed by atoms with Crippen molar-refractivity contribution in [3.63, 3.8) is 0 Å². The van der Waals surface area contributed by atoms with Gasteiger partial charge in [-0.05, 0) is 18.4 Å². The van der Waals surface area contributed by atoms with E-state index in [1.807, 2.05) is 0 Å². The molecule has 1 aromatic rings. The van der Waals surface area contributed by atoms with Gasteiger partial charge in [-0.15, -0.1) is 0 Å². The normalized spacial score (nSPS) is 10.7. The molecule has 0 spiro atoms. The van der Waals surface area contributed by atoms with Gasteiger partial charge in [0.1, 0.15) is 12.1 Å². The number of Topliss-reactive ketones (excluding diaryl/α,β-unsaturated/α-hetero) is 1. The molecular formula is C20H32N2O3. The van der Waals surface area contributed by atoms with Crippen LogP contribution < -0.4 is 0 Å². The second-order valence-corrected chi connectivity index (χ2v) is 6.75. The topological polar surface area (TPSA) is 80.1 Å². The van der Waals surface area contributed by atoms with Gasteiger partial charge in [0.2, 0.25) is 0 Å². The van der Waals surface area contributed by atoms with Crippen LogP contribution in [0.2, 0.25) is 0 Å². The average molecular weight is 348 g/mol. The molecular weight excluding hydrogens is 316 g/mol. The number of carboxylic acids is 1. The molecule has 1 N–H and O–H groups in total. The summed E-state index contributed by atoms with van der Waals surface area (Å²) in [6.45, 7) is 0. The van der Waals surface area contributed by atoms with E-state index < -0.39 is 5.97 Å². The second kappa shape index (κ2) is 14.6. The monoisotopic (exact) mass is 348 g/mol. The zero-order chi connectivity index (χ0) is 18.2. The highest BCUT2D eigenvalue weighted by atomic mass is 16.4. The van der Waals surface area contributed by atoms with Crippen LogP contribution in [0.3, 0.4) is 0 Å². The highest BCUT2D eigenvalue weighted by Crippen LogP contribution is 2.13. The fourth-order valence-electron chi connectivity index (χ4n) is 2.93. The predicted octanol–water partition coefficient (Wildman–Crippen LogP) is 4.74. The van der Waals surface area contributed by atoms with Crippen molar-refractivity contribution in [3.8, 4) is 0 Å². The van der Waals surface area contributed by atoms with Crippen molar-refractivity contribution >= 4 is 11.8 Å². The first-order chi connectivity index (χ1) is 12.2. The number of nitrogens with zero attached hydrogens (tertiary/aromatic N) is 2. The van der Waals surface area contributed by atoms with Gasteiger partial charge in [0, 0.05) is 31.7 Å². The number of carbonyl (C=O) groups is 2. The van der Waals surface area contributed by atoms with Crippen molar-refractivity contribution < 1.29 is 14.7 Å². The third-order valence-electron chi connectivity index (χ3n) is 4.36. The van der Waals surface area contributed by atoms with E-state index >= 15 is 0 Å². The minimum atomic E-state index is -0.684. The molecule has 1 aromatic heterocycles. The summed E-state index contributed by atoms with van der Waals surface area (Å²) in [5.41, 5.74) is 0.899. The Morgan fingerprint density at radius 3 is 1.64 bits per heavy atom. The molecule has 0 saturated heterocycles. The smallest absolute Gasteiger partial charge is 0.303 e. The first-order valence-corrected chi connectivity index (χ1v) is 9.66. The lowest BCUT2D eigenvalue weighted by molar-refractivity contribution is -0.137. The zero-order valence-corrected chi connectivity index (χ0v) is 15.3. The number of aliphatic carboxylic acids is 1.